The smallest absolute Gasteiger partial charge is 0.225 e. The van der Waals surface area contributed by atoms with Crippen LogP contribution in [-0.2, 0) is 16.1 Å². The van der Waals surface area contributed by atoms with Crippen molar-refractivity contribution in [3.05, 3.63) is 24.2 Å². The number of hydrogen-bond donors (Lipinski definition) is 0. The molecule has 0 unspecified atom stereocenters. The molecule has 1 aliphatic carbocycles. The maximum absolute atomic E-state index is 12.3. The number of ether oxygens (including phenoxy) is 1. The first-order chi connectivity index (χ1) is 9.31. The largest absolute Gasteiger partial charge is 0.472 e. The van der Waals surface area contributed by atoms with E-state index >= 15 is 0 Å². The van der Waals surface area contributed by atoms with E-state index in [9.17, 15) is 4.79 Å². The van der Waals surface area contributed by atoms with Crippen molar-refractivity contribution in [2.75, 3.05) is 13.7 Å². The topological polar surface area (TPSA) is 42.7 Å². The van der Waals surface area contributed by atoms with Gasteiger partial charge in [-0.1, -0.05) is 19.3 Å². The lowest BCUT2D eigenvalue weighted by atomic mass is 9.93. The van der Waals surface area contributed by atoms with Crippen LogP contribution in [0.15, 0.2) is 23.0 Å². The third-order valence-electron chi connectivity index (χ3n) is 3.79. The predicted molar refractivity (Wildman–Crippen MR) is 72.6 cm³/mol. The molecule has 4 nitrogen and oxygen atoms in total. The Morgan fingerprint density at radius 3 is 2.84 bits per heavy atom. The van der Waals surface area contributed by atoms with Crippen LogP contribution in [0.3, 0.4) is 0 Å². The van der Waals surface area contributed by atoms with E-state index in [1.807, 2.05) is 11.0 Å². The summed E-state index contributed by atoms with van der Waals surface area (Å²) in [4.78, 5) is 14.4. The zero-order valence-electron chi connectivity index (χ0n) is 11.6. The Morgan fingerprint density at radius 1 is 1.42 bits per heavy atom. The molecule has 0 aromatic carbocycles. The molecule has 4 heteroatoms. The van der Waals surface area contributed by atoms with Gasteiger partial charge in [0.2, 0.25) is 5.91 Å². The average Bonchev–Trinajstić information content (AvgIpc) is 2.96. The fourth-order valence-corrected chi connectivity index (χ4v) is 2.73. The summed E-state index contributed by atoms with van der Waals surface area (Å²) in [5.41, 5.74) is 1.07. The Bertz CT molecular complexity index is 369. The summed E-state index contributed by atoms with van der Waals surface area (Å²) in [7, 11) is 1.63. The zero-order chi connectivity index (χ0) is 13.5. The van der Waals surface area contributed by atoms with Crippen LogP contribution in [0.4, 0.5) is 0 Å². The van der Waals surface area contributed by atoms with Crippen LogP contribution in [0.25, 0.3) is 0 Å². The molecule has 19 heavy (non-hydrogen) atoms. The fourth-order valence-electron chi connectivity index (χ4n) is 2.73. The summed E-state index contributed by atoms with van der Waals surface area (Å²) in [5, 5.41) is 0. The van der Waals surface area contributed by atoms with Crippen molar-refractivity contribution in [3.8, 4) is 0 Å². The molecule has 0 N–H and O–H groups in total. The van der Waals surface area contributed by atoms with Crippen LogP contribution in [0.2, 0.25) is 0 Å². The average molecular weight is 265 g/mol. The summed E-state index contributed by atoms with van der Waals surface area (Å²) in [5.74, 6) is 0.190. The Labute approximate surface area is 114 Å². The molecule has 0 bridgehead atoms. The second kappa shape index (κ2) is 7.34. The molecule has 0 spiro atoms. The maximum atomic E-state index is 12.3. The molecular formula is C15H23NO3. The summed E-state index contributed by atoms with van der Waals surface area (Å²) in [6.45, 7) is 1.15. The van der Waals surface area contributed by atoms with E-state index in [2.05, 4.69) is 0 Å². The molecule has 0 atom stereocenters. The third kappa shape index (κ3) is 4.10. The van der Waals surface area contributed by atoms with Crippen molar-refractivity contribution in [3.63, 3.8) is 0 Å². The second-order valence-corrected chi connectivity index (χ2v) is 5.19. The first kappa shape index (κ1) is 14.1. The molecular weight excluding hydrogens is 242 g/mol. The number of methoxy groups -OCH3 is 1. The number of rotatable bonds is 6. The van der Waals surface area contributed by atoms with Crippen LogP contribution >= 0.6 is 0 Å². The normalized spacial score (nSPS) is 16.5. The lowest BCUT2D eigenvalue weighted by Crippen LogP contribution is -2.41. The molecule has 0 radical (unpaired) electrons. The van der Waals surface area contributed by atoms with Gasteiger partial charge in [-0.25, -0.2) is 0 Å². The summed E-state index contributed by atoms with van der Waals surface area (Å²) in [6.07, 6.45) is 9.84. The molecule has 2 rings (SSSR count). The zero-order valence-corrected chi connectivity index (χ0v) is 11.6. The van der Waals surface area contributed by atoms with E-state index < -0.39 is 0 Å². The van der Waals surface area contributed by atoms with E-state index in [1.54, 1.807) is 19.6 Å². The third-order valence-corrected chi connectivity index (χ3v) is 3.79. The molecule has 106 valence electrons. The van der Waals surface area contributed by atoms with Gasteiger partial charge in [-0.2, -0.15) is 0 Å². The first-order valence-electron chi connectivity index (χ1n) is 7.10. The van der Waals surface area contributed by atoms with Gasteiger partial charge in [0.1, 0.15) is 0 Å². The van der Waals surface area contributed by atoms with E-state index in [1.165, 1.54) is 19.3 Å². The van der Waals surface area contributed by atoms with Crippen LogP contribution in [0.5, 0.6) is 0 Å². The van der Waals surface area contributed by atoms with E-state index in [0.717, 1.165) is 18.4 Å². The first-order valence-corrected chi connectivity index (χ1v) is 7.10. The Hall–Kier alpha value is -1.29. The lowest BCUT2D eigenvalue weighted by molar-refractivity contribution is -0.135. The molecule has 1 aliphatic rings. The van der Waals surface area contributed by atoms with E-state index in [-0.39, 0.29) is 5.91 Å². The Morgan fingerprint density at radius 2 is 2.21 bits per heavy atom. The summed E-state index contributed by atoms with van der Waals surface area (Å²) < 4.78 is 10.1. The van der Waals surface area contributed by atoms with Crippen molar-refractivity contribution in [1.29, 1.82) is 0 Å². The van der Waals surface area contributed by atoms with Crippen LogP contribution < -0.4 is 0 Å². The van der Waals surface area contributed by atoms with Crippen molar-refractivity contribution in [2.24, 2.45) is 0 Å². The highest BCUT2D eigenvalue weighted by molar-refractivity contribution is 5.76. The lowest BCUT2D eigenvalue weighted by Gasteiger charge is -2.34. The number of nitrogens with zero attached hydrogens (tertiary/aromatic N) is 1. The molecule has 1 fully saturated rings. The quantitative estimate of drug-likeness (QED) is 0.794. The molecule has 1 aromatic rings. The van der Waals surface area contributed by atoms with E-state index in [0.29, 0.717) is 25.6 Å². The van der Waals surface area contributed by atoms with Gasteiger partial charge in [0.05, 0.1) is 25.6 Å². The standard InChI is InChI=1S/C15H23NO3/c1-18-9-8-15(17)16(11-13-7-10-19-12-13)14-5-3-2-4-6-14/h7,10,12,14H,2-6,8-9,11H2,1H3. The van der Waals surface area contributed by atoms with Gasteiger partial charge >= 0.3 is 0 Å². The van der Waals surface area contributed by atoms with Crippen LogP contribution in [0.1, 0.15) is 44.1 Å². The van der Waals surface area contributed by atoms with Crippen molar-refractivity contribution in [1.82, 2.24) is 4.90 Å². The fraction of sp³-hybridized carbons (Fsp3) is 0.667. The minimum Gasteiger partial charge on any atom is -0.472 e. The van der Waals surface area contributed by atoms with Crippen LogP contribution in [-0.4, -0.2) is 30.6 Å². The van der Waals surface area contributed by atoms with Gasteiger partial charge < -0.3 is 14.1 Å². The number of amides is 1. The van der Waals surface area contributed by atoms with Gasteiger partial charge in [0.15, 0.2) is 0 Å². The summed E-state index contributed by atoms with van der Waals surface area (Å²) >= 11 is 0. The van der Waals surface area contributed by atoms with Crippen molar-refractivity contribution >= 4 is 5.91 Å². The highest BCUT2D eigenvalue weighted by Crippen LogP contribution is 2.24. The molecule has 0 saturated heterocycles. The Kier molecular flexibility index (Phi) is 5.45. The highest BCUT2D eigenvalue weighted by atomic mass is 16.5. The monoisotopic (exact) mass is 265 g/mol. The predicted octanol–water partition coefficient (Wildman–Crippen LogP) is 2.98. The van der Waals surface area contributed by atoms with Gasteiger partial charge in [-0.15, -0.1) is 0 Å². The second-order valence-electron chi connectivity index (χ2n) is 5.19. The maximum Gasteiger partial charge on any atom is 0.225 e. The van der Waals surface area contributed by atoms with E-state index in [4.69, 9.17) is 9.15 Å². The van der Waals surface area contributed by atoms with Gasteiger partial charge in [0.25, 0.3) is 0 Å². The number of furan rings is 1. The number of carbonyl (C=O) groups is 1. The molecule has 1 amide bonds. The SMILES string of the molecule is COCCC(=O)N(Cc1ccoc1)C1CCCCC1. The molecule has 1 saturated carbocycles. The van der Waals surface area contributed by atoms with Crippen molar-refractivity contribution in [2.45, 2.75) is 51.1 Å². The minimum absolute atomic E-state index is 0.190. The van der Waals surface area contributed by atoms with Gasteiger partial charge in [-0.05, 0) is 18.9 Å². The van der Waals surface area contributed by atoms with Gasteiger partial charge in [-0.3, -0.25) is 4.79 Å². The molecule has 0 aliphatic heterocycles. The van der Waals surface area contributed by atoms with Gasteiger partial charge in [0, 0.05) is 25.3 Å². The Balaban J connectivity index is 2.00. The number of hydrogen-bond acceptors (Lipinski definition) is 3. The minimum atomic E-state index is 0.190. The van der Waals surface area contributed by atoms with Crippen LogP contribution in [0, 0.1) is 0 Å². The highest BCUT2D eigenvalue weighted by Gasteiger charge is 2.25. The molecule has 1 heterocycles. The van der Waals surface area contributed by atoms with Crippen molar-refractivity contribution < 1.29 is 13.9 Å². The summed E-state index contributed by atoms with van der Waals surface area (Å²) in [6, 6.07) is 2.31. The molecule has 1 aromatic heterocycles. The number of carbonyl (C=O) groups excluding carboxylic acids is 1.